The molecular formula is C12H19NO2. The van der Waals surface area contributed by atoms with Crippen LogP contribution in [-0.4, -0.2) is 31.5 Å². The number of methoxy groups -OCH3 is 1. The van der Waals surface area contributed by atoms with Gasteiger partial charge in [0, 0.05) is 19.3 Å². The summed E-state index contributed by atoms with van der Waals surface area (Å²) in [6.07, 6.45) is 0.555. The van der Waals surface area contributed by atoms with Crippen LogP contribution in [0.15, 0.2) is 24.3 Å². The van der Waals surface area contributed by atoms with E-state index >= 15 is 0 Å². The van der Waals surface area contributed by atoms with Crippen molar-refractivity contribution in [1.29, 1.82) is 0 Å². The maximum absolute atomic E-state index is 9.19. The number of rotatable bonds is 6. The molecule has 1 rings (SSSR count). The Labute approximate surface area is 91.1 Å². The lowest BCUT2D eigenvalue weighted by Crippen LogP contribution is -2.16. The summed E-state index contributed by atoms with van der Waals surface area (Å²) in [5.41, 5.74) is 2.30. The van der Waals surface area contributed by atoms with Gasteiger partial charge in [-0.3, -0.25) is 0 Å². The average Bonchev–Trinajstić information content (AvgIpc) is 2.24. The van der Waals surface area contributed by atoms with Crippen molar-refractivity contribution in [2.45, 2.75) is 19.4 Å². The lowest BCUT2D eigenvalue weighted by molar-refractivity contribution is 0.202. The van der Waals surface area contributed by atoms with Crippen LogP contribution >= 0.6 is 0 Å². The normalized spacial score (nSPS) is 12.5. The van der Waals surface area contributed by atoms with Gasteiger partial charge in [0.15, 0.2) is 0 Å². The van der Waals surface area contributed by atoms with E-state index < -0.39 is 0 Å². The van der Waals surface area contributed by atoms with Gasteiger partial charge < -0.3 is 15.2 Å². The molecule has 1 aromatic carbocycles. The molecule has 0 fully saturated rings. The second kappa shape index (κ2) is 6.43. The minimum Gasteiger partial charge on any atom is -0.392 e. The Kier molecular flexibility index (Phi) is 5.15. The highest BCUT2D eigenvalue weighted by Crippen LogP contribution is 2.15. The van der Waals surface area contributed by atoms with E-state index in [4.69, 9.17) is 4.74 Å². The molecule has 1 atom stereocenters. The minimum atomic E-state index is -0.333. The van der Waals surface area contributed by atoms with Gasteiger partial charge >= 0.3 is 0 Å². The quantitative estimate of drug-likeness (QED) is 0.749. The van der Waals surface area contributed by atoms with E-state index in [1.165, 1.54) is 5.56 Å². The summed E-state index contributed by atoms with van der Waals surface area (Å²) < 4.78 is 5.05. The van der Waals surface area contributed by atoms with Crippen LogP contribution in [0.2, 0.25) is 0 Å². The predicted octanol–water partition coefficient (Wildman–Crippen LogP) is 1.67. The molecule has 0 aliphatic heterocycles. The van der Waals surface area contributed by atoms with Crippen molar-refractivity contribution >= 4 is 5.69 Å². The fourth-order valence-electron chi connectivity index (χ4n) is 1.38. The standard InChI is InChI=1S/C12H19NO2/c1-10(14)9-13-12-6-4-3-5-11(12)7-8-15-2/h3-6,10,13-14H,7-9H2,1-2H3/t10-/m0/s1. The fourth-order valence-corrected chi connectivity index (χ4v) is 1.38. The highest BCUT2D eigenvalue weighted by atomic mass is 16.5. The van der Waals surface area contributed by atoms with E-state index in [1.54, 1.807) is 14.0 Å². The number of nitrogens with one attached hydrogen (secondary N) is 1. The summed E-state index contributed by atoms with van der Waals surface area (Å²) in [6, 6.07) is 8.09. The Morgan fingerprint density at radius 1 is 1.40 bits per heavy atom. The van der Waals surface area contributed by atoms with Gasteiger partial charge in [-0.25, -0.2) is 0 Å². The molecule has 2 N–H and O–H groups in total. The molecule has 0 unspecified atom stereocenters. The summed E-state index contributed by atoms with van der Waals surface area (Å²) in [4.78, 5) is 0. The number of aliphatic hydroxyl groups excluding tert-OH is 1. The molecule has 0 aliphatic rings. The molecule has 0 radical (unpaired) electrons. The smallest absolute Gasteiger partial charge is 0.0684 e. The molecule has 0 heterocycles. The van der Waals surface area contributed by atoms with Crippen molar-refractivity contribution in [3.05, 3.63) is 29.8 Å². The van der Waals surface area contributed by atoms with Gasteiger partial charge in [0.2, 0.25) is 0 Å². The average molecular weight is 209 g/mol. The van der Waals surface area contributed by atoms with Crippen LogP contribution in [0, 0.1) is 0 Å². The number of benzene rings is 1. The zero-order valence-corrected chi connectivity index (χ0v) is 9.36. The molecule has 0 saturated heterocycles. The second-order valence-corrected chi connectivity index (χ2v) is 3.63. The Balaban J connectivity index is 2.59. The van der Waals surface area contributed by atoms with Crippen LogP contribution in [-0.2, 0) is 11.2 Å². The molecule has 3 nitrogen and oxygen atoms in total. The van der Waals surface area contributed by atoms with E-state index in [9.17, 15) is 5.11 Å². The van der Waals surface area contributed by atoms with Gasteiger partial charge in [0.05, 0.1) is 12.7 Å². The minimum absolute atomic E-state index is 0.333. The summed E-state index contributed by atoms with van der Waals surface area (Å²) in [5.74, 6) is 0. The van der Waals surface area contributed by atoms with Crippen LogP contribution in [0.25, 0.3) is 0 Å². The third kappa shape index (κ3) is 4.32. The van der Waals surface area contributed by atoms with Gasteiger partial charge in [0.1, 0.15) is 0 Å². The van der Waals surface area contributed by atoms with Crippen molar-refractivity contribution in [1.82, 2.24) is 0 Å². The predicted molar refractivity (Wildman–Crippen MR) is 62.2 cm³/mol. The zero-order chi connectivity index (χ0) is 11.1. The first-order valence-corrected chi connectivity index (χ1v) is 5.23. The van der Waals surface area contributed by atoms with Crippen molar-refractivity contribution in [2.75, 3.05) is 25.6 Å². The van der Waals surface area contributed by atoms with Crippen LogP contribution in [0.3, 0.4) is 0 Å². The first-order valence-electron chi connectivity index (χ1n) is 5.23. The van der Waals surface area contributed by atoms with E-state index in [2.05, 4.69) is 11.4 Å². The van der Waals surface area contributed by atoms with Crippen molar-refractivity contribution in [2.24, 2.45) is 0 Å². The number of para-hydroxylation sites is 1. The molecule has 0 amide bonds. The molecule has 0 saturated carbocycles. The SMILES string of the molecule is COCCc1ccccc1NC[C@H](C)O. The molecule has 84 valence electrons. The van der Waals surface area contributed by atoms with Crippen LogP contribution in [0.1, 0.15) is 12.5 Å². The van der Waals surface area contributed by atoms with Gasteiger partial charge in [0.25, 0.3) is 0 Å². The second-order valence-electron chi connectivity index (χ2n) is 3.63. The van der Waals surface area contributed by atoms with Crippen molar-refractivity contribution in [3.8, 4) is 0 Å². The van der Waals surface area contributed by atoms with E-state index in [1.807, 2.05) is 18.2 Å². The molecule has 0 bridgehead atoms. The van der Waals surface area contributed by atoms with Crippen molar-refractivity contribution < 1.29 is 9.84 Å². The Hall–Kier alpha value is -1.06. The number of aliphatic hydroxyl groups is 1. The Morgan fingerprint density at radius 2 is 2.13 bits per heavy atom. The van der Waals surface area contributed by atoms with E-state index in [-0.39, 0.29) is 6.10 Å². The Morgan fingerprint density at radius 3 is 2.80 bits per heavy atom. The maximum atomic E-state index is 9.19. The highest BCUT2D eigenvalue weighted by Gasteiger charge is 2.02. The molecule has 15 heavy (non-hydrogen) atoms. The highest BCUT2D eigenvalue weighted by molar-refractivity contribution is 5.51. The largest absolute Gasteiger partial charge is 0.392 e. The molecular weight excluding hydrogens is 190 g/mol. The lowest BCUT2D eigenvalue weighted by atomic mass is 10.1. The summed E-state index contributed by atoms with van der Waals surface area (Å²) in [7, 11) is 1.70. The van der Waals surface area contributed by atoms with Gasteiger partial charge in [-0.2, -0.15) is 0 Å². The van der Waals surface area contributed by atoms with E-state index in [0.717, 1.165) is 12.1 Å². The van der Waals surface area contributed by atoms with Gasteiger partial charge in [-0.1, -0.05) is 18.2 Å². The van der Waals surface area contributed by atoms with Crippen LogP contribution < -0.4 is 5.32 Å². The number of ether oxygens (including phenoxy) is 1. The molecule has 0 spiro atoms. The van der Waals surface area contributed by atoms with Gasteiger partial charge in [-0.15, -0.1) is 0 Å². The topological polar surface area (TPSA) is 41.5 Å². The monoisotopic (exact) mass is 209 g/mol. The first kappa shape index (κ1) is 12.0. The third-order valence-electron chi connectivity index (χ3n) is 2.18. The summed E-state index contributed by atoms with van der Waals surface area (Å²) >= 11 is 0. The molecule has 3 heteroatoms. The van der Waals surface area contributed by atoms with E-state index in [0.29, 0.717) is 13.2 Å². The number of anilines is 1. The van der Waals surface area contributed by atoms with Gasteiger partial charge in [-0.05, 0) is 25.0 Å². The van der Waals surface area contributed by atoms with Crippen LogP contribution in [0.5, 0.6) is 0 Å². The maximum Gasteiger partial charge on any atom is 0.0684 e. The lowest BCUT2D eigenvalue weighted by Gasteiger charge is -2.12. The molecule has 0 aromatic heterocycles. The third-order valence-corrected chi connectivity index (χ3v) is 2.18. The number of hydrogen-bond acceptors (Lipinski definition) is 3. The first-order chi connectivity index (χ1) is 7.24. The zero-order valence-electron chi connectivity index (χ0n) is 9.36. The Bertz CT molecular complexity index is 287. The van der Waals surface area contributed by atoms with Crippen LogP contribution in [0.4, 0.5) is 5.69 Å². The molecule has 1 aromatic rings. The number of hydrogen-bond donors (Lipinski definition) is 2. The molecule has 0 aliphatic carbocycles. The fraction of sp³-hybridized carbons (Fsp3) is 0.500. The summed E-state index contributed by atoms with van der Waals surface area (Å²) in [6.45, 7) is 3.06. The van der Waals surface area contributed by atoms with Crippen molar-refractivity contribution in [3.63, 3.8) is 0 Å². The summed E-state index contributed by atoms with van der Waals surface area (Å²) in [5, 5.41) is 12.4.